The van der Waals surface area contributed by atoms with Crippen molar-refractivity contribution in [3.63, 3.8) is 0 Å². The van der Waals surface area contributed by atoms with Crippen LogP contribution in [0.15, 0.2) is 23.7 Å². The van der Waals surface area contributed by atoms with E-state index in [0.717, 1.165) is 0 Å². The summed E-state index contributed by atoms with van der Waals surface area (Å²) < 4.78 is 5.48. The monoisotopic (exact) mass is 356 g/mol. The summed E-state index contributed by atoms with van der Waals surface area (Å²) in [5, 5.41) is 33.9. The van der Waals surface area contributed by atoms with Gasteiger partial charge in [0.25, 0.3) is 0 Å². The van der Waals surface area contributed by atoms with E-state index < -0.39 is 31.1 Å². The first-order valence-corrected chi connectivity index (χ1v) is 8.71. The number of hydrogen-bond acceptors (Lipinski definition) is 9. The molecule has 2 unspecified atom stereocenters. The van der Waals surface area contributed by atoms with Crippen LogP contribution < -0.4 is 5.32 Å². The van der Waals surface area contributed by atoms with Crippen LogP contribution in [0.1, 0.15) is 21.0 Å². The van der Waals surface area contributed by atoms with Crippen LogP contribution in [0, 0.1) is 0 Å². The Labute approximate surface area is 140 Å². The van der Waals surface area contributed by atoms with Gasteiger partial charge in [0.15, 0.2) is 5.13 Å². The molecule has 1 saturated heterocycles. The number of thiophene rings is 1. The first-order valence-electron chi connectivity index (χ1n) is 7.01. The van der Waals surface area contributed by atoms with Crippen LogP contribution in [0.25, 0.3) is 0 Å². The fourth-order valence-electron chi connectivity index (χ4n) is 2.31. The van der Waals surface area contributed by atoms with Gasteiger partial charge in [-0.1, -0.05) is 17.4 Å². The van der Waals surface area contributed by atoms with Crippen molar-refractivity contribution in [3.05, 3.63) is 33.5 Å². The van der Waals surface area contributed by atoms with Gasteiger partial charge in [-0.3, -0.25) is 4.79 Å². The van der Waals surface area contributed by atoms with Crippen LogP contribution in [0.3, 0.4) is 0 Å². The lowest BCUT2D eigenvalue weighted by atomic mass is 10.0. The summed E-state index contributed by atoms with van der Waals surface area (Å²) >= 11 is 2.56. The largest absolute Gasteiger partial charge is 0.394 e. The van der Waals surface area contributed by atoms with Gasteiger partial charge in [0.05, 0.1) is 28.7 Å². The average molecular weight is 356 g/mol. The number of ketones is 1. The molecule has 0 aromatic carbocycles. The Morgan fingerprint density at radius 1 is 1.43 bits per heavy atom. The molecule has 9 heteroatoms. The van der Waals surface area contributed by atoms with E-state index in [4.69, 9.17) is 9.84 Å². The van der Waals surface area contributed by atoms with Crippen LogP contribution >= 0.6 is 22.7 Å². The van der Waals surface area contributed by atoms with Crippen molar-refractivity contribution in [1.82, 2.24) is 4.98 Å². The number of anilines is 1. The quantitative estimate of drug-likeness (QED) is 0.583. The standard InChI is InChI=1S/C14H16N2O5S2/c17-6-8-12(19)7(18)4-11(21-8)16-14-15-5-10(23-14)13(20)9-2-1-3-22-9/h1-3,5,7-8,11-12,17-19H,4,6H2,(H,15,16)/t7-,8?,11+,12?/m1/s1. The molecule has 2 aromatic heterocycles. The number of rotatable bonds is 5. The van der Waals surface area contributed by atoms with Gasteiger partial charge in [-0.05, 0) is 11.4 Å². The number of nitrogens with zero attached hydrogens (tertiary/aromatic N) is 1. The van der Waals surface area contributed by atoms with E-state index in [9.17, 15) is 15.0 Å². The molecule has 7 nitrogen and oxygen atoms in total. The second-order valence-electron chi connectivity index (χ2n) is 5.12. The molecule has 4 atom stereocenters. The van der Waals surface area contributed by atoms with Crippen molar-refractivity contribution < 1.29 is 24.9 Å². The van der Waals surface area contributed by atoms with Gasteiger partial charge in [-0.15, -0.1) is 11.3 Å². The summed E-state index contributed by atoms with van der Waals surface area (Å²) in [7, 11) is 0. The third-order valence-corrected chi connectivity index (χ3v) is 5.30. The lowest BCUT2D eigenvalue weighted by molar-refractivity contribution is -0.172. The zero-order valence-corrected chi connectivity index (χ0v) is 13.6. The molecule has 0 amide bonds. The molecular formula is C14H16N2O5S2. The van der Waals surface area contributed by atoms with Crippen molar-refractivity contribution in [2.24, 2.45) is 0 Å². The van der Waals surface area contributed by atoms with E-state index in [1.165, 1.54) is 28.9 Å². The van der Waals surface area contributed by atoms with Crippen LogP contribution in [0.2, 0.25) is 0 Å². The van der Waals surface area contributed by atoms with E-state index in [0.29, 0.717) is 14.9 Å². The molecule has 0 spiro atoms. The predicted octanol–water partition coefficient (Wildman–Crippen LogP) is 0.677. The van der Waals surface area contributed by atoms with Crippen molar-refractivity contribution >= 4 is 33.6 Å². The minimum atomic E-state index is -1.12. The number of aromatic nitrogens is 1. The van der Waals surface area contributed by atoms with Gasteiger partial charge in [0.2, 0.25) is 5.78 Å². The number of carbonyl (C=O) groups is 1. The Kier molecular flexibility index (Phi) is 5.05. The summed E-state index contributed by atoms with van der Waals surface area (Å²) in [6.07, 6.45) is -1.92. The molecule has 1 aliphatic heterocycles. The smallest absolute Gasteiger partial charge is 0.214 e. The fraction of sp³-hybridized carbons (Fsp3) is 0.429. The fourth-order valence-corrected chi connectivity index (χ4v) is 3.86. The highest BCUT2D eigenvalue weighted by Gasteiger charge is 2.36. The lowest BCUT2D eigenvalue weighted by Gasteiger charge is -2.36. The normalized spacial score (nSPS) is 27.8. The van der Waals surface area contributed by atoms with E-state index >= 15 is 0 Å². The second kappa shape index (κ2) is 7.04. The molecule has 124 valence electrons. The Morgan fingerprint density at radius 3 is 2.96 bits per heavy atom. The SMILES string of the molecule is O=C(c1cccs1)c1cnc(N[C@@H]2C[C@@H](O)C(O)C(CO)O2)s1. The summed E-state index contributed by atoms with van der Waals surface area (Å²) in [5.41, 5.74) is 0. The molecule has 0 radical (unpaired) electrons. The average Bonchev–Trinajstić information content (AvgIpc) is 3.21. The Morgan fingerprint density at radius 2 is 2.26 bits per heavy atom. The molecule has 23 heavy (non-hydrogen) atoms. The van der Waals surface area contributed by atoms with E-state index in [1.807, 2.05) is 11.4 Å². The number of ether oxygens (including phenoxy) is 1. The van der Waals surface area contributed by atoms with Crippen molar-refractivity contribution in [2.75, 3.05) is 11.9 Å². The maximum atomic E-state index is 12.2. The van der Waals surface area contributed by atoms with Gasteiger partial charge in [-0.25, -0.2) is 4.98 Å². The Bertz CT molecular complexity index is 660. The topological polar surface area (TPSA) is 112 Å². The third kappa shape index (κ3) is 3.60. The Balaban J connectivity index is 1.66. The van der Waals surface area contributed by atoms with Gasteiger partial charge < -0.3 is 25.4 Å². The van der Waals surface area contributed by atoms with E-state index in [1.54, 1.807) is 6.07 Å². The number of carbonyl (C=O) groups excluding carboxylic acids is 1. The van der Waals surface area contributed by atoms with Gasteiger partial charge >= 0.3 is 0 Å². The molecule has 0 bridgehead atoms. The lowest BCUT2D eigenvalue weighted by Crippen LogP contribution is -2.51. The highest BCUT2D eigenvalue weighted by Crippen LogP contribution is 2.26. The van der Waals surface area contributed by atoms with E-state index in [-0.39, 0.29) is 12.2 Å². The minimum Gasteiger partial charge on any atom is -0.394 e. The Hall–Kier alpha value is -1.36. The summed E-state index contributed by atoms with van der Waals surface area (Å²) in [5.74, 6) is -0.0844. The zero-order valence-electron chi connectivity index (χ0n) is 12.0. The second-order valence-corrected chi connectivity index (χ2v) is 7.10. The van der Waals surface area contributed by atoms with Gasteiger partial charge in [0.1, 0.15) is 18.4 Å². The molecule has 1 fully saturated rings. The number of hydrogen-bond donors (Lipinski definition) is 4. The summed E-state index contributed by atoms with van der Waals surface area (Å²) in [6, 6.07) is 3.57. The molecule has 3 rings (SSSR count). The van der Waals surface area contributed by atoms with Crippen molar-refractivity contribution in [2.45, 2.75) is 31.0 Å². The highest BCUT2D eigenvalue weighted by atomic mass is 32.1. The molecule has 4 N–H and O–H groups in total. The zero-order chi connectivity index (χ0) is 16.4. The maximum absolute atomic E-state index is 12.2. The third-order valence-electron chi connectivity index (χ3n) is 3.51. The first-order chi connectivity index (χ1) is 11.1. The van der Waals surface area contributed by atoms with Gasteiger partial charge in [-0.2, -0.15) is 0 Å². The summed E-state index contributed by atoms with van der Waals surface area (Å²) in [4.78, 5) is 17.5. The maximum Gasteiger partial charge on any atom is 0.214 e. The molecule has 3 heterocycles. The van der Waals surface area contributed by atoms with Gasteiger partial charge in [0, 0.05) is 6.42 Å². The van der Waals surface area contributed by atoms with Crippen LogP contribution in [0.4, 0.5) is 5.13 Å². The summed E-state index contributed by atoms with van der Waals surface area (Å²) in [6.45, 7) is -0.392. The van der Waals surface area contributed by atoms with Crippen LogP contribution in [-0.2, 0) is 4.74 Å². The molecular weight excluding hydrogens is 340 g/mol. The number of thiazole rings is 1. The molecule has 1 aliphatic rings. The molecule has 0 saturated carbocycles. The van der Waals surface area contributed by atoms with E-state index in [2.05, 4.69) is 10.3 Å². The van der Waals surface area contributed by atoms with Crippen LogP contribution in [0.5, 0.6) is 0 Å². The minimum absolute atomic E-state index is 0.0844. The van der Waals surface area contributed by atoms with Crippen molar-refractivity contribution in [3.8, 4) is 0 Å². The first kappa shape index (κ1) is 16.5. The predicted molar refractivity (Wildman–Crippen MR) is 85.9 cm³/mol. The number of nitrogens with one attached hydrogen (secondary N) is 1. The van der Waals surface area contributed by atoms with Crippen molar-refractivity contribution in [1.29, 1.82) is 0 Å². The van der Waals surface area contributed by atoms with Crippen LogP contribution in [-0.4, -0.2) is 57.2 Å². The number of aliphatic hydroxyl groups excluding tert-OH is 3. The number of aliphatic hydroxyl groups is 3. The molecule has 2 aromatic rings. The highest BCUT2D eigenvalue weighted by molar-refractivity contribution is 7.19. The molecule has 0 aliphatic carbocycles.